The van der Waals surface area contributed by atoms with Crippen LogP contribution in [0.4, 0.5) is 5.69 Å². The second-order valence-corrected chi connectivity index (χ2v) is 4.46. The number of rotatable bonds is 1. The molecule has 0 atom stereocenters. The Bertz CT molecular complexity index is 532. The first kappa shape index (κ1) is 11.0. The molecule has 0 fully saturated rings. The van der Waals surface area contributed by atoms with Gasteiger partial charge in [0.05, 0.1) is 0 Å². The molecule has 2 aromatic carbocycles. The number of halogens is 1. The third-order valence-electron chi connectivity index (χ3n) is 2.69. The quantitative estimate of drug-likeness (QED) is 0.732. The zero-order valence-corrected chi connectivity index (χ0v) is 10.2. The van der Waals surface area contributed by atoms with E-state index in [9.17, 15) is 0 Å². The largest absolute Gasteiger partial charge is 0.398 e. The lowest BCUT2D eigenvalue weighted by atomic mass is 10.0. The van der Waals surface area contributed by atoms with Gasteiger partial charge in [-0.2, -0.15) is 0 Å². The predicted molar refractivity (Wildman–Crippen MR) is 70.8 cm³/mol. The fourth-order valence-electron chi connectivity index (χ4n) is 1.71. The zero-order valence-electron chi connectivity index (χ0n) is 9.42. The lowest BCUT2D eigenvalue weighted by molar-refractivity contribution is 1.45. The molecule has 0 aliphatic carbocycles. The van der Waals surface area contributed by atoms with Crippen molar-refractivity contribution in [3.63, 3.8) is 0 Å². The average Bonchev–Trinajstić information content (AvgIpc) is 2.22. The highest BCUT2D eigenvalue weighted by molar-refractivity contribution is 6.31. The Kier molecular flexibility index (Phi) is 2.88. The van der Waals surface area contributed by atoms with E-state index in [1.165, 1.54) is 5.56 Å². The molecule has 2 N–H and O–H groups in total. The van der Waals surface area contributed by atoms with Crippen LogP contribution in [0.3, 0.4) is 0 Å². The minimum Gasteiger partial charge on any atom is -0.398 e. The van der Waals surface area contributed by atoms with Crippen LogP contribution < -0.4 is 5.73 Å². The molecule has 0 aromatic heterocycles. The van der Waals surface area contributed by atoms with Crippen LogP contribution in [-0.2, 0) is 0 Å². The fourth-order valence-corrected chi connectivity index (χ4v) is 1.89. The molecule has 0 amide bonds. The molecule has 0 aliphatic rings. The van der Waals surface area contributed by atoms with Gasteiger partial charge in [0, 0.05) is 16.3 Å². The fraction of sp³-hybridized carbons (Fsp3) is 0.143. The van der Waals surface area contributed by atoms with E-state index >= 15 is 0 Å². The summed E-state index contributed by atoms with van der Waals surface area (Å²) in [7, 11) is 0. The van der Waals surface area contributed by atoms with Crippen molar-refractivity contribution >= 4 is 17.3 Å². The lowest BCUT2D eigenvalue weighted by Crippen LogP contribution is -1.91. The minimum absolute atomic E-state index is 0.775. The molecule has 0 heterocycles. The molecule has 82 valence electrons. The van der Waals surface area contributed by atoms with Gasteiger partial charge in [-0.3, -0.25) is 0 Å². The van der Waals surface area contributed by atoms with Crippen LogP contribution in [0.2, 0.25) is 5.02 Å². The van der Waals surface area contributed by atoms with Gasteiger partial charge in [-0.15, -0.1) is 0 Å². The van der Waals surface area contributed by atoms with Crippen molar-refractivity contribution in [1.82, 2.24) is 0 Å². The smallest absolute Gasteiger partial charge is 0.0441 e. The number of nitrogens with two attached hydrogens (primary N) is 1. The molecular formula is C14H14ClN. The van der Waals surface area contributed by atoms with Crippen LogP contribution in [-0.4, -0.2) is 0 Å². The normalized spacial score (nSPS) is 10.4. The van der Waals surface area contributed by atoms with Crippen LogP contribution in [0.25, 0.3) is 11.1 Å². The SMILES string of the molecule is Cc1ccc(-c2ccc(C)c(Cl)c2)c(N)c1. The van der Waals surface area contributed by atoms with Gasteiger partial charge in [0.25, 0.3) is 0 Å². The molecule has 0 spiro atoms. The molecule has 0 aliphatic heterocycles. The molecule has 2 heteroatoms. The summed E-state index contributed by atoms with van der Waals surface area (Å²) in [4.78, 5) is 0. The van der Waals surface area contributed by atoms with Gasteiger partial charge in [-0.25, -0.2) is 0 Å². The zero-order chi connectivity index (χ0) is 11.7. The number of nitrogen functional groups attached to an aromatic ring is 1. The first-order chi connectivity index (χ1) is 7.58. The minimum atomic E-state index is 0.775. The Morgan fingerprint density at radius 2 is 1.75 bits per heavy atom. The Morgan fingerprint density at radius 1 is 1.00 bits per heavy atom. The molecule has 1 nitrogen and oxygen atoms in total. The van der Waals surface area contributed by atoms with Gasteiger partial charge < -0.3 is 5.73 Å². The Morgan fingerprint density at radius 3 is 2.38 bits per heavy atom. The Hall–Kier alpha value is -1.47. The molecule has 0 radical (unpaired) electrons. The summed E-state index contributed by atoms with van der Waals surface area (Å²) >= 11 is 6.11. The third-order valence-corrected chi connectivity index (χ3v) is 3.10. The van der Waals surface area contributed by atoms with Crippen molar-refractivity contribution in [3.8, 4) is 11.1 Å². The number of anilines is 1. The average molecular weight is 232 g/mol. The van der Waals surface area contributed by atoms with Crippen molar-refractivity contribution < 1.29 is 0 Å². The van der Waals surface area contributed by atoms with Crippen molar-refractivity contribution in [1.29, 1.82) is 0 Å². The summed E-state index contributed by atoms with van der Waals surface area (Å²) in [6, 6.07) is 12.1. The van der Waals surface area contributed by atoms with Gasteiger partial charge in [0.1, 0.15) is 0 Å². The summed E-state index contributed by atoms with van der Waals surface area (Å²) in [5, 5.41) is 0.775. The maximum Gasteiger partial charge on any atom is 0.0441 e. The predicted octanol–water partition coefficient (Wildman–Crippen LogP) is 4.21. The van der Waals surface area contributed by atoms with E-state index < -0.39 is 0 Å². The summed E-state index contributed by atoms with van der Waals surface area (Å²) < 4.78 is 0. The molecule has 0 saturated heterocycles. The van der Waals surface area contributed by atoms with Crippen molar-refractivity contribution in [2.24, 2.45) is 0 Å². The maximum atomic E-state index is 6.11. The van der Waals surface area contributed by atoms with Crippen molar-refractivity contribution in [2.75, 3.05) is 5.73 Å². The van der Waals surface area contributed by atoms with Crippen molar-refractivity contribution in [2.45, 2.75) is 13.8 Å². The topological polar surface area (TPSA) is 26.0 Å². The van der Waals surface area contributed by atoms with E-state index in [4.69, 9.17) is 17.3 Å². The van der Waals surface area contributed by atoms with Gasteiger partial charge in [0.2, 0.25) is 0 Å². The van der Waals surface area contributed by atoms with Crippen LogP contribution >= 0.6 is 11.6 Å². The molecule has 0 saturated carbocycles. The summed E-state index contributed by atoms with van der Waals surface area (Å²) in [5.41, 5.74) is 11.1. The van der Waals surface area contributed by atoms with Crippen LogP contribution in [0.5, 0.6) is 0 Å². The highest BCUT2D eigenvalue weighted by atomic mass is 35.5. The van der Waals surface area contributed by atoms with Crippen LogP contribution in [0, 0.1) is 13.8 Å². The maximum absolute atomic E-state index is 6.11. The van der Waals surface area contributed by atoms with Crippen molar-refractivity contribution in [3.05, 3.63) is 52.5 Å². The monoisotopic (exact) mass is 231 g/mol. The number of aryl methyl sites for hydroxylation is 2. The summed E-state index contributed by atoms with van der Waals surface area (Å²) in [6.07, 6.45) is 0. The van der Waals surface area contributed by atoms with Gasteiger partial charge >= 0.3 is 0 Å². The second kappa shape index (κ2) is 4.18. The Balaban J connectivity index is 2.54. The van der Waals surface area contributed by atoms with Gasteiger partial charge in [0.15, 0.2) is 0 Å². The third kappa shape index (κ3) is 2.05. The highest BCUT2D eigenvalue weighted by Crippen LogP contribution is 2.29. The molecular weight excluding hydrogens is 218 g/mol. The second-order valence-electron chi connectivity index (χ2n) is 4.05. The summed E-state index contributed by atoms with van der Waals surface area (Å²) in [6.45, 7) is 4.02. The van der Waals surface area contributed by atoms with E-state index in [0.717, 1.165) is 27.4 Å². The lowest BCUT2D eigenvalue weighted by Gasteiger charge is -2.08. The van der Waals surface area contributed by atoms with E-state index in [1.807, 2.05) is 44.2 Å². The van der Waals surface area contributed by atoms with E-state index in [0.29, 0.717) is 0 Å². The summed E-state index contributed by atoms with van der Waals surface area (Å²) in [5.74, 6) is 0. The van der Waals surface area contributed by atoms with Gasteiger partial charge in [-0.1, -0.05) is 35.9 Å². The standard InChI is InChI=1S/C14H14ClN/c1-9-3-6-12(14(16)7-9)11-5-4-10(2)13(15)8-11/h3-8H,16H2,1-2H3. The van der Waals surface area contributed by atoms with E-state index in [2.05, 4.69) is 6.07 Å². The number of hydrogen-bond donors (Lipinski definition) is 1. The van der Waals surface area contributed by atoms with Crippen LogP contribution in [0.1, 0.15) is 11.1 Å². The van der Waals surface area contributed by atoms with E-state index in [-0.39, 0.29) is 0 Å². The van der Waals surface area contributed by atoms with E-state index in [1.54, 1.807) is 0 Å². The van der Waals surface area contributed by atoms with Gasteiger partial charge in [-0.05, 0) is 42.7 Å². The van der Waals surface area contributed by atoms with Crippen LogP contribution in [0.15, 0.2) is 36.4 Å². The highest BCUT2D eigenvalue weighted by Gasteiger charge is 2.04. The molecule has 0 unspecified atom stereocenters. The first-order valence-corrected chi connectivity index (χ1v) is 5.58. The molecule has 2 aromatic rings. The molecule has 0 bridgehead atoms. The molecule has 2 rings (SSSR count). The Labute approximate surface area is 101 Å². The number of benzene rings is 2. The first-order valence-electron chi connectivity index (χ1n) is 5.20. The number of hydrogen-bond acceptors (Lipinski definition) is 1. The molecule has 16 heavy (non-hydrogen) atoms.